The van der Waals surface area contributed by atoms with Crippen LogP contribution in [0.4, 0.5) is 9.18 Å². The number of hydrogen-bond acceptors (Lipinski definition) is 9. The van der Waals surface area contributed by atoms with Crippen LogP contribution in [0.5, 0.6) is 0 Å². The third-order valence-electron chi connectivity index (χ3n) is 8.71. The summed E-state index contributed by atoms with van der Waals surface area (Å²) < 4.78 is 37.0. The molecule has 1 N–H and O–H groups in total. The van der Waals surface area contributed by atoms with Crippen molar-refractivity contribution in [3.63, 3.8) is 0 Å². The van der Waals surface area contributed by atoms with E-state index < -0.39 is 71.9 Å². The second-order valence-corrected chi connectivity index (χ2v) is 14.8. The number of carboxylic acids is 1. The van der Waals surface area contributed by atoms with Crippen molar-refractivity contribution in [3.05, 3.63) is 35.4 Å². The molecule has 0 spiro atoms. The van der Waals surface area contributed by atoms with Crippen LogP contribution >= 0.6 is 0 Å². The lowest BCUT2D eigenvalue weighted by atomic mass is 9.90. The first-order chi connectivity index (χ1) is 22.8. The molecule has 13 heteroatoms. The number of aliphatic carboxylic acids is 1. The molecule has 0 radical (unpaired) electrons. The third kappa shape index (κ3) is 12.6. The Balaban J connectivity index is 1.94. The Hall–Kier alpha value is -3.74. The van der Waals surface area contributed by atoms with E-state index in [0.29, 0.717) is 24.7 Å². The van der Waals surface area contributed by atoms with Crippen molar-refractivity contribution in [2.24, 2.45) is 5.92 Å². The standard InChI is InChI=1S/C36H53FN2O10/c1-22(31(41)42)47-32(43)27(19-23-9-10-23)38(7)30(40)29(20-24-11-13-25(14-12-24)26-15-17-46-18-16-26)48-33(44)28(21-36(5,6)37)39(8)34(45)49-35(2,3)4/h11-14,22-23,26-29H,9-10,15-21H2,1-8H3,(H,41,42)/t22-,27+,28+,29-/m1/s1. The number of ether oxygens (including phenoxy) is 4. The van der Waals surface area contributed by atoms with Crippen molar-refractivity contribution >= 4 is 29.9 Å². The fraction of sp³-hybridized carbons (Fsp3) is 0.694. The smallest absolute Gasteiger partial charge is 0.410 e. The van der Waals surface area contributed by atoms with Crippen LogP contribution in [0.2, 0.25) is 0 Å². The van der Waals surface area contributed by atoms with E-state index in [1.165, 1.54) is 34.9 Å². The molecule has 1 aromatic rings. The zero-order valence-corrected chi connectivity index (χ0v) is 30.0. The summed E-state index contributed by atoms with van der Waals surface area (Å²) in [6, 6.07) is 5.03. The molecule has 274 valence electrons. The Labute approximate surface area is 288 Å². The van der Waals surface area contributed by atoms with Crippen molar-refractivity contribution < 1.29 is 52.4 Å². The molecule has 0 bridgehead atoms. The second kappa shape index (κ2) is 16.8. The van der Waals surface area contributed by atoms with Crippen LogP contribution in [-0.4, -0.2) is 108 Å². The SMILES string of the molecule is C[C@@H](OC(=O)[C@H](CC1CC1)N(C)C(=O)[C@@H](Cc1ccc(C2CCOCC2)cc1)OC(=O)[C@H](CC(C)(C)F)N(C)C(=O)OC(C)(C)C)C(=O)O. The van der Waals surface area contributed by atoms with Gasteiger partial charge in [-0.25, -0.2) is 23.6 Å². The second-order valence-electron chi connectivity index (χ2n) is 14.8. The molecular weight excluding hydrogens is 639 g/mol. The normalized spacial score (nSPS) is 18.0. The van der Waals surface area contributed by atoms with Crippen LogP contribution < -0.4 is 0 Å². The number of likely N-dealkylation sites (N-methyl/N-ethyl adjacent to an activating group) is 2. The summed E-state index contributed by atoms with van der Waals surface area (Å²) in [6.45, 7) is 10.1. The Morgan fingerprint density at radius 3 is 1.98 bits per heavy atom. The van der Waals surface area contributed by atoms with E-state index in [4.69, 9.17) is 18.9 Å². The third-order valence-corrected chi connectivity index (χ3v) is 8.71. The van der Waals surface area contributed by atoms with E-state index in [2.05, 4.69) is 0 Å². The zero-order chi connectivity index (χ0) is 36.7. The van der Waals surface area contributed by atoms with Crippen LogP contribution in [-0.2, 0) is 44.5 Å². The molecule has 0 aromatic heterocycles. The fourth-order valence-corrected chi connectivity index (χ4v) is 5.63. The predicted octanol–water partition coefficient (Wildman–Crippen LogP) is 5.05. The minimum Gasteiger partial charge on any atom is -0.479 e. The quantitative estimate of drug-likeness (QED) is 0.196. The maximum Gasteiger partial charge on any atom is 0.410 e. The summed E-state index contributed by atoms with van der Waals surface area (Å²) in [4.78, 5) is 67.7. The number of alkyl halides is 1. The molecule has 2 aliphatic rings. The highest BCUT2D eigenvalue weighted by Crippen LogP contribution is 2.35. The van der Waals surface area contributed by atoms with Crippen molar-refractivity contribution in [3.8, 4) is 0 Å². The van der Waals surface area contributed by atoms with Crippen LogP contribution in [0.1, 0.15) is 97.1 Å². The number of halogens is 1. The van der Waals surface area contributed by atoms with Gasteiger partial charge in [0.2, 0.25) is 0 Å². The Bertz CT molecular complexity index is 1310. The summed E-state index contributed by atoms with van der Waals surface area (Å²) >= 11 is 0. The van der Waals surface area contributed by atoms with Gasteiger partial charge in [-0.2, -0.15) is 0 Å². The lowest BCUT2D eigenvalue weighted by molar-refractivity contribution is -0.172. The van der Waals surface area contributed by atoms with Gasteiger partial charge >= 0.3 is 24.0 Å². The van der Waals surface area contributed by atoms with Gasteiger partial charge in [-0.3, -0.25) is 9.69 Å². The summed E-state index contributed by atoms with van der Waals surface area (Å²) in [6.07, 6.45) is -0.604. The van der Waals surface area contributed by atoms with Crippen LogP contribution in [0.3, 0.4) is 0 Å². The van der Waals surface area contributed by atoms with E-state index >= 15 is 4.39 Å². The number of carboxylic acid groups (broad SMARTS) is 1. The van der Waals surface area contributed by atoms with Crippen LogP contribution in [0.25, 0.3) is 0 Å². The number of benzene rings is 1. The average Bonchev–Trinajstić information content (AvgIpc) is 3.85. The van der Waals surface area contributed by atoms with Gasteiger partial charge in [0.15, 0.2) is 12.2 Å². The molecule has 1 saturated carbocycles. The first-order valence-electron chi connectivity index (χ1n) is 17.0. The summed E-state index contributed by atoms with van der Waals surface area (Å²) in [5, 5.41) is 9.30. The van der Waals surface area contributed by atoms with Gasteiger partial charge in [0.05, 0.1) is 0 Å². The largest absolute Gasteiger partial charge is 0.479 e. The minimum absolute atomic E-state index is 0.0818. The number of carbonyl (C=O) groups excluding carboxylic acids is 4. The van der Waals surface area contributed by atoms with Gasteiger partial charge in [-0.05, 0) is 83.8 Å². The van der Waals surface area contributed by atoms with Gasteiger partial charge in [-0.1, -0.05) is 37.1 Å². The fourth-order valence-electron chi connectivity index (χ4n) is 5.63. The average molecular weight is 693 g/mol. The van der Waals surface area contributed by atoms with E-state index in [0.717, 1.165) is 41.0 Å². The topological polar surface area (TPSA) is 149 Å². The molecule has 1 aliphatic heterocycles. The summed E-state index contributed by atoms with van der Waals surface area (Å²) in [5.74, 6) is -3.49. The summed E-state index contributed by atoms with van der Waals surface area (Å²) in [5.41, 5.74) is -1.02. The van der Waals surface area contributed by atoms with Gasteiger partial charge in [-0.15, -0.1) is 0 Å². The maximum absolute atomic E-state index is 15.0. The lowest BCUT2D eigenvalue weighted by Gasteiger charge is -2.34. The Morgan fingerprint density at radius 1 is 0.898 bits per heavy atom. The number of carbonyl (C=O) groups is 5. The highest BCUT2D eigenvalue weighted by molar-refractivity contribution is 5.90. The first-order valence-corrected chi connectivity index (χ1v) is 17.0. The number of rotatable bonds is 15. The van der Waals surface area contributed by atoms with Gasteiger partial charge in [0, 0.05) is 40.2 Å². The lowest BCUT2D eigenvalue weighted by Crippen LogP contribution is -2.52. The molecule has 12 nitrogen and oxygen atoms in total. The molecule has 1 heterocycles. The number of hydrogen-bond donors (Lipinski definition) is 1. The highest BCUT2D eigenvalue weighted by Gasteiger charge is 2.42. The van der Waals surface area contributed by atoms with Crippen molar-refractivity contribution in [1.82, 2.24) is 9.80 Å². The maximum atomic E-state index is 15.0. The van der Waals surface area contributed by atoms with Crippen LogP contribution in [0.15, 0.2) is 24.3 Å². The number of esters is 2. The van der Waals surface area contributed by atoms with Crippen molar-refractivity contribution in [2.45, 2.75) is 128 Å². The predicted molar refractivity (Wildman–Crippen MR) is 177 cm³/mol. The van der Waals surface area contributed by atoms with E-state index in [1.807, 2.05) is 24.3 Å². The summed E-state index contributed by atoms with van der Waals surface area (Å²) in [7, 11) is 2.68. The van der Waals surface area contributed by atoms with E-state index in [-0.39, 0.29) is 18.8 Å². The molecule has 4 atom stereocenters. The molecule has 0 unspecified atom stereocenters. The molecule has 1 aliphatic carbocycles. The minimum atomic E-state index is -1.91. The molecular formula is C36H53FN2O10. The van der Waals surface area contributed by atoms with Crippen molar-refractivity contribution in [1.29, 1.82) is 0 Å². The number of nitrogens with zero attached hydrogens (tertiary/aromatic N) is 2. The Morgan fingerprint density at radius 2 is 1.47 bits per heavy atom. The zero-order valence-electron chi connectivity index (χ0n) is 30.0. The van der Waals surface area contributed by atoms with E-state index in [9.17, 15) is 29.1 Å². The van der Waals surface area contributed by atoms with Crippen molar-refractivity contribution in [2.75, 3.05) is 27.3 Å². The molecule has 1 aromatic carbocycles. The molecule has 2 amide bonds. The highest BCUT2D eigenvalue weighted by atomic mass is 19.1. The van der Waals surface area contributed by atoms with Crippen LogP contribution in [0, 0.1) is 5.92 Å². The number of amides is 2. The monoisotopic (exact) mass is 692 g/mol. The Kier molecular flexibility index (Phi) is 13.6. The van der Waals surface area contributed by atoms with Gasteiger partial charge in [0.25, 0.3) is 5.91 Å². The molecule has 1 saturated heterocycles. The van der Waals surface area contributed by atoms with E-state index in [1.54, 1.807) is 20.8 Å². The van der Waals surface area contributed by atoms with Gasteiger partial charge in [0.1, 0.15) is 23.4 Å². The molecule has 2 fully saturated rings. The van der Waals surface area contributed by atoms with Gasteiger partial charge < -0.3 is 29.0 Å². The first kappa shape index (κ1) is 39.7. The molecule has 3 rings (SSSR count). The molecule has 49 heavy (non-hydrogen) atoms.